The number of rotatable bonds is 5. The summed E-state index contributed by atoms with van der Waals surface area (Å²) in [6.07, 6.45) is 4.36. The summed E-state index contributed by atoms with van der Waals surface area (Å²) in [5.74, 6) is 1.67. The first-order valence-electron chi connectivity index (χ1n) is 6.65. The van der Waals surface area contributed by atoms with E-state index in [4.69, 9.17) is 4.52 Å². The van der Waals surface area contributed by atoms with Crippen LogP contribution in [0.15, 0.2) is 16.8 Å². The summed E-state index contributed by atoms with van der Waals surface area (Å²) in [5.41, 5.74) is 0. The Labute approximate surface area is 103 Å². The normalized spacial score (nSPS) is 23.8. The fourth-order valence-corrected chi connectivity index (χ4v) is 2.55. The lowest BCUT2D eigenvalue weighted by Crippen LogP contribution is -2.44. The number of hydrogen-bond donors (Lipinski definition) is 1. The highest BCUT2D eigenvalue weighted by Gasteiger charge is 2.23. The number of nitrogens with one attached hydrogen (secondary N) is 1. The highest BCUT2D eigenvalue weighted by Crippen LogP contribution is 2.19. The summed E-state index contributed by atoms with van der Waals surface area (Å²) in [7, 11) is 0. The molecule has 2 atom stereocenters. The summed E-state index contributed by atoms with van der Waals surface area (Å²) in [4.78, 5) is 2.54. The van der Waals surface area contributed by atoms with Gasteiger partial charge in [-0.2, -0.15) is 0 Å². The Morgan fingerprint density at radius 2 is 2.53 bits per heavy atom. The van der Waals surface area contributed by atoms with Crippen molar-refractivity contribution in [2.75, 3.05) is 19.6 Å². The summed E-state index contributed by atoms with van der Waals surface area (Å²) in [5, 5.41) is 7.25. The Morgan fingerprint density at radius 3 is 3.24 bits per heavy atom. The number of piperidine rings is 1. The van der Waals surface area contributed by atoms with Crippen molar-refractivity contribution in [3.8, 4) is 0 Å². The second-order valence-electron chi connectivity index (χ2n) is 4.94. The van der Waals surface area contributed by atoms with Crippen LogP contribution in [0, 0.1) is 5.92 Å². The summed E-state index contributed by atoms with van der Waals surface area (Å²) >= 11 is 0. The van der Waals surface area contributed by atoms with Crippen LogP contribution in [-0.4, -0.2) is 35.7 Å². The Bertz CT molecular complexity index is 312. The maximum Gasteiger partial charge on any atom is 0.150 e. The highest BCUT2D eigenvalue weighted by molar-refractivity contribution is 4.93. The van der Waals surface area contributed by atoms with Crippen molar-refractivity contribution in [2.24, 2.45) is 5.92 Å². The molecule has 1 aliphatic heterocycles. The maximum atomic E-state index is 5.09. The van der Waals surface area contributed by atoms with Gasteiger partial charge in [-0.25, -0.2) is 0 Å². The average molecular weight is 237 g/mol. The largest absolute Gasteiger partial charge is 0.360 e. The van der Waals surface area contributed by atoms with Crippen LogP contribution in [0.4, 0.5) is 0 Å². The van der Waals surface area contributed by atoms with Crippen molar-refractivity contribution in [2.45, 2.75) is 39.3 Å². The third kappa shape index (κ3) is 3.54. The van der Waals surface area contributed by atoms with Gasteiger partial charge in [0.15, 0.2) is 0 Å². The Hall–Kier alpha value is -0.870. The van der Waals surface area contributed by atoms with Crippen LogP contribution in [0.1, 0.15) is 32.4 Å². The Kier molecular flexibility index (Phi) is 4.57. The van der Waals surface area contributed by atoms with Crippen LogP contribution in [0.25, 0.3) is 0 Å². The molecule has 96 valence electrons. The molecule has 17 heavy (non-hydrogen) atoms. The quantitative estimate of drug-likeness (QED) is 0.849. The molecule has 1 aromatic rings. The van der Waals surface area contributed by atoms with Crippen molar-refractivity contribution in [1.29, 1.82) is 0 Å². The van der Waals surface area contributed by atoms with E-state index >= 15 is 0 Å². The molecule has 1 saturated heterocycles. The van der Waals surface area contributed by atoms with Crippen molar-refractivity contribution in [3.05, 3.63) is 18.0 Å². The first-order chi connectivity index (χ1) is 8.29. The lowest BCUT2D eigenvalue weighted by atomic mass is 9.91. The van der Waals surface area contributed by atoms with Crippen LogP contribution in [0.3, 0.4) is 0 Å². The molecule has 4 heteroatoms. The van der Waals surface area contributed by atoms with E-state index in [-0.39, 0.29) is 0 Å². The van der Waals surface area contributed by atoms with Crippen LogP contribution in [0.5, 0.6) is 0 Å². The van der Waals surface area contributed by atoms with Gasteiger partial charge in [0.1, 0.15) is 5.76 Å². The van der Waals surface area contributed by atoms with Crippen LogP contribution in [-0.2, 0) is 6.54 Å². The fourth-order valence-electron chi connectivity index (χ4n) is 2.55. The average Bonchev–Trinajstić information content (AvgIpc) is 2.89. The summed E-state index contributed by atoms with van der Waals surface area (Å²) in [6, 6.07) is 2.45. The van der Waals surface area contributed by atoms with Gasteiger partial charge < -0.3 is 14.7 Å². The standard InChI is InChI=1S/C13H23N3O/c1-3-16-8-4-5-12(10-16)11(2)14-9-13-6-7-15-17-13/h6-7,11-12,14H,3-5,8-10H2,1-2H3. The smallest absolute Gasteiger partial charge is 0.150 e. The molecule has 2 heterocycles. The first-order valence-corrected chi connectivity index (χ1v) is 6.65. The van der Waals surface area contributed by atoms with E-state index in [1.165, 1.54) is 32.5 Å². The molecule has 1 aromatic heterocycles. The molecule has 1 fully saturated rings. The van der Waals surface area contributed by atoms with Gasteiger partial charge >= 0.3 is 0 Å². The first kappa shape index (κ1) is 12.6. The van der Waals surface area contributed by atoms with Crippen molar-refractivity contribution >= 4 is 0 Å². The van der Waals surface area contributed by atoms with E-state index < -0.39 is 0 Å². The molecule has 0 amide bonds. The fraction of sp³-hybridized carbons (Fsp3) is 0.769. The molecule has 0 aromatic carbocycles. The van der Waals surface area contributed by atoms with Crippen LogP contribution >= 0.6 is 0 Å². The van der Waals surface area contributed by atoms with Crippen LogP contribution < -0.4 is 5.32 Å². The van der Waals surface area contributed by atoms with Gasteiger partial charge in [-0.1, -0.05) is 12.1 Å². The Morgan fingerprint density at radius 1 is 1.65 bits per heavy atom. The van der Waals surface area contributed by atoms with E-state index in [2.05, 4.69) is 29.2 Å². The minimum absolute atomic E-state index is 0.537. The van der Waals surface area contributed by atoms with Crippen LogP contribution in [0.2, 0.25) is 0 Å². The zero-order valence-electron chi connectivity index (χ0n) is 10.9. The van der Waals surface area contributed by atoms with Gasteiger partial charge in [0, 0.05) is 18.7 Å². The van der Waals surface area contributed by atoms with Gasteiger partial charge in [-0.3, -0.25) is 0 Å². The molecule has 0 aliphatic carbocycles. The lowest BCUT2D eigenvalue weighted by molar-refractivity contribution is 0.155. The molecule has 0 spiro atoms. The third-order valence-electron chi connectivity index (χ3n) is 3.79. The molecule has 2 rings (SSSR count). The van der Waals surface area contributed by atoms with E-state index in [0.29, 0.717) is 6.04 Å². The highest BCUT2D eigenvalue weighted by atomic mass is 16.5. The zero-order valence-corrected chi connectivity index (χ0v) is 10.9. The minimum Gasteiger partial charge on any atom is -0.360 e. The number of hydrogen-bond acceptors (Lipinski definition) is 4. The van der Waals surface area contributed by atoms with Gasteiger partial charge in [0.25, 0.3) is 0 Å². The van der Waals surface area contributed by atoms with E-state index in [1.807, 2.05) is 6.07 Å². The predicted octanol–water partition coefficient (Wildman–Crippen LogP) is 1.88. The van der Waals surface area contributed by atoms with Crippen molar-refractivity contribution in [3.63, 3.8) is 0 Å². The molecule has 4 nitrogen and oxygen atoms in total. The molecule has 0 bridgehead atoms. The zero-order chi connectivity index (χ0) is 12.1. The predicted molar refractivity (Wildman–Crippen MR) is 67.6 cm³/mol. The second kappa shape index (κ2) is 6.17. The lowest BCUT2D eigenvalue weighted by Gasteiger charge is -2.35. The maximum absolute atomic E-state index is 5.09. The van der Waals surface area contributed by atoms with Gasteiger partial charge in [0.05, 0.1) is 12.7 Å². The van der Waals surface area contributed by atoms with Gasteiger partial charge in [0.2, 0.25) is 0 Å². The van der Waals surface area contributed by atoms with Gasteiger partial charge in [-0.15, -0.1) is 0 Å². The monoisotopic (exact) mass is 237 g/mol. The molecule has 0 radical (unpaired) electrons. The van der Waals surface area contributed by atoms with E-state index in [9.17, 15) is 0 Å². The van der Waals surface area contributed by atoms with Crippen molar-refractivity contribution < 1.29 is 4.52 Å². The molecule has 0 saturated carbocycles. The molecule has 1 aliphatic rings. The topological polar surface area (TPSA) is 41.3 Å². The SMILES string of the molecule is CCN1CCCC(C(C)NCc2ccno2)C1. The summed E-state index contributed by atoms with van der Waals surface area (Å²) < 4.78 is 5.09. The number of nitrogens with zero attached hydrogens (tertiary/aromatic N) is 2. The summed E-state index contributed by atoms with van der Waals surface area (Å²) in [6.45, 7) is 8.97. The molecule has 1 N–H and O–H groups in total. The minimum atomic E-state index is 0.537. The molecular formula is C13H23N3O. The van der Waals surface area contributed by atoms with E-state index in [1.54, 1.807) is 6.20 Å². The number of likely N-dealkylation sites (tertiary alicyclic amines) is 1. The third-order valence-corrected chi connectivity index (χ3v) is 3.79. The second-order valence-corrected chi connectivity index (χ2v) is 4.94. The Balaban J connectivity index is 1.76. The molecule has 2 unspecified atom stereocenters. The molecular weight excluding hydrogens is 214 g/mol. The van der Waals surface area contributed by atoms with E-state index in [0.717, 1.165) is 18.2 Å². The number of aromatic nitrogens is 1. The van der Waals surface area contributed by atoms with Crippen molar-refractivity contribution in [1.82, 2.24) is 15.4 Å². The van der Waals surface area contributed by atoms with Gasteiger partial charge in [-0.05, 0) is 38.8 Å².